The van der Waals surface area contributed by atoms with Gasteiger partial charge < -0.3 is 10.4 Å². The summed E-state index contributed by atoms with van der Waals surface area (Å²) in [5.74, 6) is 4.28. The Morgan fingerprint density at radius 2 is 2.38 bits per heavy atom. The van der Waals surface area contributed by atoms with Gasteiger partial charge in [0, 0.05) is 35.7 Å². The molecular weight excluding hydrogens is 202 g/mol. The summed E-state index contributed by atoms with van der Waals surface area (Å²) in [6, 6.07) is 0. The molecule has 0 aromatic carbocycles. The summed E-state index contributed by atoms with van der Waals surface area (Å²) >= 11 is 4.13. The second-order valence-corrected chi connectivity index (χ2v) is 6.07. The Kier molecular flexibility index (Phi) is 6.28. The first-order valence-corrected chi connectivity index (χ1v) is 7.04. The van der Waals surface area contributed by atoms with Crippen molar-refractivity contribution in [2.75, 3.05) is 37.0 Å². The topological polar surface area (TPSA) is 32.3 Å². The van der Waals surface area contributed by atoms with Gasteiger partial charge in [0.25, 0.3) is 0 Å². The van der Waals surface area contributed by atoms with Crippen LogP contribution >= 0.6 is 23.5 Å². The molecule has 13 heavy (non-hydrogen) atoms. The van der Waals surface area contributed by atoms with Gasteiger partial charge in [0.15, 0.2) is 0 Å². The lowest BCUT2D eigenvalue weighted by Gasteiger charge is -2.21. The standard InChI is InChI=1S/C9H19NOS2/c1-8(6-11)4-10-5-9-7-12-2-3-13-9/h8-11H,2-7H2,1H3. The molecule has 1 fully saturated rings. The minimum absolute atomic E-state index is 0.291. The van der Waals surface area contributed by atoms with Crippen LogP contribution in [0.15, 0.2) is 0 Å². The van der Waals surface area contributed by atoms with Gasteiger partial charge in [-0.25, -0.2) is 0 Å². The molecular formula is C9H19NOS2. The smallest absolute Gasteiger partial charge is 0.0468 e. The minimum Gasteiger partial charge on any atom is -0.396 e. The molecule has 0 aromatic rings. The first-order chi connectivity index (χ1) is 6.33. The van der Waals surface area contributed by atoms with Gasteiger partial charge in [-0.15, -0.1) is 0 Å². The zero-order valence-electron chi connectivity index (χ0n) is 8.16. The predicted octanol–water partition coefficient (Wildman–Crippen LogP) is 1.05. The molecule has 0 spiro atoms. The van der Waals surface area contributed by atoms with Gasteiger partial charge in [-0.1, -0.05) is 6.92 Å². The van der Waals surface area contributed by atoms with E-state index in [9.17, 15) is 0 Å². The van der Waals surface area contributed by atoms with Gasteiger partial charge in [-0.2, -0.15) is 23.5 Å². The van der Waals surface area contributed by atoms with Crippen molar-refractivity contribution in [3.63, 3.8) is 0 Å². The van der Waals surface area contributed by atoms with Crippen molar-refractivity contribution in [1.29, 1.82) is 0 Å². The fourth-order valence-electron chi connectivity index (χ4n) is 1.21. The highest BCUT2D eigenvalue weighted by Gasteiger charge is 2.13. The zero-order chi connectivity index (χ0) is 9.52. The predicted molar refractivity (Wildman–Crippen MR) is 62.7 cm³/mol. The molecule has 0 bridgehead atoms. The largest absolute Gasteiger partial charge is 0.396 e. The Hall–Kier alpha value is 0.620. The third-order valence-electron chi connectivity index (χ3n) is 2.06. The molecule has 1 saturated heterocycles. The van der Waals surface area contributed by atoms with Crippen LogP contribution in [0.1, 0.15) is 6.92 Å². The van der Waals surface area contributed by atoms with E-state index in [2.05, 4.69) is 35.8 Å². The third-order valence-corrected chi connectivity index (χ3v) is 4.91. The SMILES string of the molecule is CC(CO)CNCC1CSCCS1. The first-order valence-electron chi connectivity index (χ1n) is 4.84. The van der Waals surface area contributed by atoms with Gasteiger partial charge in [0.2, 0.25) is 0 Å². The van der Waals surface area contributed by atoms with E-state index < -0.39 is 0 Å². The monoisotopic (exact) mass is 221 g/mol. The molecule has 2 atom stereocenters. The van der Waals surface area contributed by atoms with Crippen molar-refractivity contribution in [1.82, 2.24) is 5.32 Å². The molecule has 0 aromatic heterocycles. The summed E-state index contributed by atoms with van der Waals surface area (Å²) in [4.78, 5) is 0. The number of hydrogen-bond donors (Lipinski definition) is 2. The van der Waals surface area contributed by atoms with Crippen molar-refractivity contribution in [3.05, 3.63) is 0 Å². The number of hydrogen-bond acceptors (Lipinski definition) is 4. The van der Waals surface area contributed by atoms with Crippen molar-refractivity contribution >= 4 is 23.5 Å². The molecule has 2 nitrogen and oxygen atoms in total. The Morgan fingerprint density at radius 3 is 3.00 bits per heavy atom. The maximum Gasteiger partial charge on any atom is 0.0468 e. The fraction of sp³-hybridized carbons (Fsp3) is 1.00. The number of thioether (sulfide) groups is 2. The summed E-state index contributed by atoms with van der Waals surface area (Å²) in [6.07, 6.45) is 0. The average molecular weight is 221 g/mol. The zero-order valence-corrected chi connectivity index (χ0v) is 9.79. The van der Waals surface area contributed by atoms with E-state index in [0.717, 1.165) is 18.3 Å². The number of aliphatic hydroxyl groups is 1. The Balaban J connectivity index is 1.98. The summed E-state index contributed by atoms with van der Waals surface area (Å²) in [6.45, 7) is 4.40. The molecule has 78 valence electrons. The van der Waals surface area contributed by atoms with Crippen LogP contribution < -0.4 is 5.32 Å². The van der Waals surface area contributed by atoms with E-state index in [1.807, 2.05) is 0 Å². The highest BCUT2D eigenvalue weighted by Crippen LogP contribution is 2.23. The van der Waals surface area contributed by atoms with E-state index in [0.29, 0.717) is 12.5 Å². The molecule has 1 heterocycles. The Morgan fingerprint density at radius 1 is 1.54 bits per heavy atom. The first kappa shape index (κ1) is 11.7. The molecule has 2 unspecified atom stereocenters. The van der Waals surface area contributed by atoms with Crippen LogP contribution in [-0.2, 0) is 0 Å². The molecule has 1 aliphatic rings. The van der Waals surface area contributed by atoms with Crippen molar-refractivity contribution in [3.8, 4) is 0 Å². The molecule has 4 heteroatoms. The van der Waals surface area contributed by atoms with Crippen LogP contribution in [0.25, 0.3) is 0 Å². The van der Waals surface area contributed by atoms with Gasteiger partial charge in [0.1, 0.15) is 0 Å². The Bertz CT molecular complexity index is 129. The van der Waals surface area contributed by atoms with Gasteiger partial charge in [0.05, 0.1) is 0 Å². The van der Waals surface area contributed by atoms with Crippen LogP contribution in [-0.4, -0.2) is 47.3 Å². The molecule has 0 radical (unpaired) electrons. The highest BCUT2D eigenvalue weighted by molar-refractivity contribution is 8.06. The van der Waals surface area contributed by atoms with Crippen LogP contribution in [0.4, 0.5) is 0 Å². The van der Waals surface area contributed by atoms with Gasteiger partial charge in [-0.3, -0.25) is 0 Å². The summed E-state index contributed by atoms with van der Waals surface area (Å²) in [5, 5.41) is 13.0. The molecule has 0 amide bonds. The van der Waals surface area contributed by atoms with Crippen LogP contribution in [0, 0.1) is 5.92 Å². The number of rotatable bonds is 5. The van der Waals surface area contributed by atoms with Gasteiger partial charge >= 0.3 is 0 Å². The lowest BCUT2D eigenvalue weighted by molar-refractivity contribution is 0.234. The molecule has 1 rings (SSSR count). The maximum absolute atomic E-state index is 8.82. The van der Waals surface area contributed by atoms with Crippen molar-refractivity contribution < 1.29 is 5.11 Å². The number of nitrogens with one attached hydrogen (secondary N) is 1. The third kappa shape index (κ3) is 5.15. The number of aliphatic hydroxyl groups excluding tert-OH is 1. The maximum atomic E-state index is 8.82. The van der Waals surface area contributed by atoms with Crippen LogP contribution in [0.3, 0.4) is 0 Å². The minimum atomic E-state index is 0.291. The summed E-state index contributed by atoms with van der Waals surface area (Å²) < 4.78 is 0. The fourth-order valence-corrected chi connectivity index (χ4v) is 3.86. The molecule has 0 aliphatic carbocycles. The second-order valence-electron chi connectivity index (χ2n) is 3.51. The Labute approximate surface area is 89.2 Å². The summed E-state index contributed by atoms with van der Waals surface area (Å²) in [7, 11) is 0. The average Bonchev–Trinajstić information content (AvgIpc) is 2.19. The van der Waals surface area contributed by atoms with E-state index in [1.54, 1.807) is 0 Å². The normalized spacial score (nSPS) is 25.8. The summed E-state index contributed by atoms with van der Waals surface area (Å²) in [5.41, 5.74) is 0. The van der Waals surface area contributed by atoms with Crippen LogP contribution in [0.2, 0.25) is 0 Å². The molecule has 2 N–H and O–H groups in total. The van der Waals surface area contributed by atoms with Crippen LogP contribution in [0.5, 0.6) is 0 Å². The van der Waals surface area contributed by atoms with E-state index in [-0.39, 0.29) is 0 Å². The lowest BCUT2D eigenvalue weighted by Crippen LogP contribution is -2.32. The van der Waals surface area contributed by atoms with Gasteiger partial charge in [-0.05, 0) is 12.5 Å². The van der Waals surface area contributed by atoms with E-state index in [4.69, 9.17) is 5.11 Å². The molecule has 0 saturated carbocycles. The van der Waals surface area contributed by atoms with E-state index in [1.165, 1.54) is 17.3 Å². The second kappa shape index (κ2) is 6.98. The highest BCUT2D eigenvalue weighted by atomic mass is 32.2. The lowest BCUT2D eigenvalue weighted by atomic mass is 10.2. The quantitative estimate of drug-likeness (QED) is 0.727. The van der Waals surface area contributed by atoms with Crippen molar-refractivity contribution in [2.45, 2.75) is 12.2 Å². The molecule has 1 aliphatic heterocycles. The van der Waals surface area contributed by atoms with Crippen molar-refractivity contribution in [2.24, 2.45) is 5.92 Å². The van der Waals surface area contributed by atoms with E-state index >= 15 is 0 Å².